The Labute approximate surface area is 124 Å². The van der Waals surface area contributed by atoms with Crippen molar-refractivity contribution in [1.29, 1.82) is 0 Å². The van der Waals surface area contributed by atoms with Crippen LogP contribution in [0.15, 0.2) is 54.6 Å². The first-order valence-electron chi connectivity index (χ1n) is 7.53. The Kier molecular flexibility index (Phi) is 2.71. The van der Waals surface area contributed by atoms with Crippen LogP contribution in [0.5, 0.6) is 0 Å². The molecule has 0 spiro atoms. The van der Waals surface area contributed by atoms with E-state index >= 15 is 0 Å². The van der Waals surface area contributed by atoms with Crippen LogP contribution in [0.25, 0.3) is 17.2 Å². The lowest BCUT2D eigenvalue weighted by Crippen LogP contribution is -2.12. The molecular weight excluding hydrogens is 252 g/mol. The predicted octanol–water partition coefficient (Wildman–Crippen LogP) is 3.65. The fourth-order valence-electron chi connectivity index (χ4n) is 3.42. The Morgan fingerprint density at radius 3 is 2.57 bits per heavy atom. The molecular formula is C21H18. The van der Waals surface area contributed by atoms with Crippen molar-refractivity contribution in [2.24, 2.45) is 0 Å². The van der Waals surface area contributed by atoms with Gasteiger partial charge in [-0.1, -0.05) is 60.2 Å². The molecule has 0 saturated heterocycles. The molecule has 0 nitrogen and oxygen atoms in total. The molecule has 0 fully saturated rings. The topological polar surface area (TPSA) is 0 Å². The van der Waals surface area contributed by atoms with Crippen molar-refractivity contribution in [3.05, 3.63) is 86.6 Å². The maximum atomic E-state index is 2.35. The molecule has 2 aliphatic rings. The van der Waals surface area contributed by atoms with Gasteiger partial charge in [-0.2, -0.15) is 0 Å². The van der Waals surface area contributed by atoms with Gasteiger partial charge in [0.15, 0.2) is 0 Å². The number of benzene rings is 2. The molecule has 0 unspecified atom stereocenters. The maximum Gasteiger partial charge on any atom is -0.00704 e. The highest BCUT2D eigenvalue weighted by Gasteiger charge is 2.14. The summed E-state index contributed by atoms with van der Waals surface area (Å²) in [5.74, 6) is 0. The summed E-state index contributed by atoms with van der Waals surface area (Å²) >= 11 is 0. The first kappa shape index (κ1) is 12.4. The SMILES string of the molecule is CC(C)=c1ccc2c(c1C1=CC=CC1)C=c1ccccc1=2. The van der Waals surface area contributed by atoms with Gasteiger partial charge in [-0.05, 0) is 63.9 Å². The second-order valence-electron chi connectivity index (χ2n) is 6.01. The van der Waals surface area contributed by atoms with E-state index in [1.807, 2.05) is 0 Å². The molecule has 0 heterocycles. The number of fused-ring (bicyclic) bond motifs is 2. The lowest BCUT2D eigenvalue weighted by atomic mass is 9.94. The summed E-state index contributed by atoms with van der Waals surface area (Å²) in [5, 5.41) is 5.46. The Bertz CT molecular complexity index is 1010. The lowest BCUT2D eigenvalue weighted by Gasteiger charge is -2.10. The molecule has 0 aliphatic heterocycles. The van der Waals surface area contributed by atoms with Crippen molar-refractivity contribution >= 4 is 17.2 Å². The molecule has 0 bridgehead atoms. The summed E-state index contributed by atoms with van der Waals surface area (Å²) in [6.07, 6.45) is 10.1. The van der Waals surface area contributed by atoms with Crippen molar-refractivity contribution in [3.63, 3.8) is 0 Å². The van der Waals surface area contributed by atoms with Gasteiger partial charge in [0.2, 0.25) is 0 Å². The summed E-state index contributed by atoms with van der Waals surface area (Å²) < 4.78 is 0. The van der Waals surface area contributed by atoms with Crippen LogP contribution in [0.1, 0.15) is 31.4 Å². The zero-order valence-electron chi connectivity index (χ0n) is 12.5. The molecule has 0 amide bonds. The summed E-state index contributed by atoms with van der Waals surface area (Å²) in [7, 11) is 0. The van der Waals surface area contributed by atoms with Crippen LogP contribution in [0.4, 0.5) is 0 Å². The van der Waals surface area contributed by atoms with Crippen molar-refractivity contribution in [2.45, 2.75) is 20.3 Å². The molecule has 0 saturated carbocycles. The largest absolute Gasteiger partial charge is 0.0801 e. The first-order valence-corrected chi connectivity index (χ1v) is 7.53. The summed E-state index contributed by atoms with van der Waals surface area (Å²) in [4.78, 5) is 0. The van der Waals surface area contributed by atoms with Crippen LogP contribution in [-0.2, 0) is 0 Å². The first-order chi connectivity index (χ1) is 10.3. The standard InChI is InChI=1S/C21H18/c1-14(2)17-11-12-19-18-10-6-5-9-16(18)13-20(19)21(17)15-7-3-4-8-15/h3-7,9-13H,8H2,1-2H3. The molecule has 0 heteroatoms. The van der Waals surface area contributed by atoms with Gasteiger partial charge in [-0.15, -0.1) is 0 Å². The van der Waals surface area contributed by atoms with Crippen LogP contribution < -0.4 is 10.4 Å². The van der Waals surface area contributed by atoms with E-state index in [9.17, 15) is 0 Å². The third kappa shape index (κ3) is 1.83. The highest BCUT2D eigenvalue weighted by molar-refractivity contribution is 5.80. The average Bonchev–Trinajstić information content (AvgIpc) is 3.13. The Balaban J connectivity index is 2.20. The summed E-state index contributed by atoms with van der Waals surface area (Å²) in [5.41, 5.74) is 5.63. The van der Waals surface area contributed by atoms with Gasteiger partial charge in [0.05, 0.1) is 0 Å². The van der Waals surface area contributed by atoms with Crippen molar-refractivity contribution < 1.29 is 0 Å². The van der Waals surface area contributed by atoms with Crippen molar-refractivity contribution in [1.82, 2.24) is 0 Å². The highest BCUT2D eigenvalue weighted by atomic mass is 14.2. The molecule has 102 valence electrons. The second kappa shape index (κ2) is 4.60. The van der Waals surface area contributed by atoms with Gasteiger partial charge in [-0.25, -0.2) is 0 Å². The van der Waals surface area contributed by atoms with Crippen LogP contribution >= 0.6 is 0 Å². The highest BCUT2D eigenvalue weighted by Crippen LogP contribution is 2.26. The van der Waals surface area contributed by atoms with E-state index in [2.05, 4.69) is 74.5 Å². The van der Waals surface area contributed by atoms with Crippen LogP contribution in [0, 0.1) is 10.4 Å². The zero-order chi connectivity index (χ0) is 14.4. The molecule has 4 rings (SSSR count). The molecule has 0 atom stereocenters. The smallest absolute Gasteiger partial charge is 0.00704 e. The molecule has 0 N–H and O–H groups in total. The number of hydrogen-bond acceptors (Lipinski definition) is 0. The quantitative estimate of drug-likeness (QED) is 0.633. The normalized spacial score (nSPS) is 14.5. The lowest BCUT2D eigenvalue weighted by molar-refractivity contribution is 1.35. The minimum atomic E-state index is 1.04. The third-order valence-electron chi connectivity index (χ3n) is 4.43. The minimum Gasteiger partial charge on any atom is -0.0801 e. The van der Waals surface area contributed by atoms with Gasteiger partial charge in [0, 0.05) is 0 Å². The van der Waals surface area contributed by atoms with Gasteiger partial charge in [0.1, 0.15) is 0 Å². The molecule has 2 aromatic carbocycles. The Hall–Kier alpha value is -2.34. The molecule has 2 aliphatic carbocycles. The summed E-state index contributed by atoms with van der Waals surface area (Å²) in [6.45, 7) is 4.41. The van der Waals surface area contributed by atoms with Gasteiger partial charge >= 0.3 is 0 Å². The molecule has 2 aromatic rings. The van der Waals surface area contributed by atoms with E-state index in [4.69, 9.17) is 0 Å². The van der Waals surface area contributed by atoms with Crippen molar-refractivity contribution in [3.8, 4) is 0 Å². The van der Waals surface area contributed by atoms with E-state index in [0.29, 0.717) is 0 Å². The van der Waals surface area contributed by atoms with Crippen LogP contribution in [0.2, 0.25) is 0 Å². The van der Waals surface area contributed by atoms with Crippen LogP contribution in [0.3, 0.4) is 0 Å². The fraction of sp³-hybridized carbons (Fsp3) is 0.143. The monoisotopic (exact) mass is 270 g/mol. The Morgan fingerprint density at radius 1 is 0.952 bits per heavy atom. The minimum absolute atomic E-state index is 1.04. The molecule has 0 aromatic heterocycles. The summed E-state index contributed by atoms with van der Waals surface area (Å²) in [6, 6.07) is 13.3. The molecule has 21 heavy (non-hydrogen) atoms. The average molecular weight is 270 g/mol. The molecule has 0 radical (unpaired) electrons. The van der Waals surface area contributed by atoms with E-state index in [-0.39, 0.29) is 0 Å². The van der Waals surface area contributed by atoms with Gasteiger partial charge in [0.25, 0.3) is 0 Å². The second-order valence-corrected chi connectivity index (χ2v) is 6.01. The number of hydrogen-bond donors (Lipinski definition) is 0. The van der Waals surface area contributed by atoms with E-state index < -0.39 is 0 Å². The van der Waals surface area contributed by atoms with E-state index in [1.54, 1.807) is 0 Å². The predicted molar refractivity (Wildman–Crippen MR) is 89.9 cm³/mol. The Morgan fingerprint density at radius 2 is 1.81 bits per heavy atom. The van der Waals surface area contributed by atoms with Gasteiger partial charge < -0.3 is 0 Å². The van der Waals surface area contributed by atoms with E-state index in [1.165, 1.54) is 43.1 Å². The maximum absolute atomic E-state index is 2.35. The van der Waals surface area contributed by atoms with Crippen molar-refractivity contribution in [2.75, 3.05) is 0 Å². The fourth-order valence-corrected chi connectivity index (χ4v) is 3.42. The zero-order valence-corrected chi connectivity index (χ0v) is 12.5. The van der Waals surface area contributed by atoms with Crippen LogP contribution in [-0.4, -0.2) is 0 Å². The number of allylic oxidation sites excluding steroid dienone is 4. The third-order valence-corrected chi connectivity index (χ3v) is 4.43. The van der Waals surface area contributed by atoms with E-state index in [0.717, 1.165) is 6.42 Å². The number of rotatable bonds is 1. The van der Waals surface area contributed by atoms with Gasteiger partial charge in [-0.3, -0.25) is 0 Å².